The van der Waals surface area contributed by atoms with Gasteiger partial charge in [-0.25, -0.2) is 13.8 Å². The van der Waals surface area contributed by atoms with E-state index in [9.17, 15) is 18.9 Å². The Morgan fingerprint density at radius 3 is 2.90 bits per heavy atom. The molecule has 1 aromatic rings. The molecule has 7 nitrogen and oxygen atoms in total. The molecule has 0 saturated heterocycles. The van der Waals surface area contributed by atoms with E-state index in [1.54, 1.807) is 6.07 Å². The molecule has 0 aliphatic rings. The summed E-state index contributed by atoms with van der Waals surface area (Å²) >= 11 is 0. The Balaban J connectivity index is 3.11. The average molecular weight is 300 g/mol. The molecule has 114 valence electrons. The molecule has 0 radical (unpaired) electrons. The molecule has 1 atom stereocenters. The van der Waals surface area contributed by atoms with Crippen LogP contribution in [-0.2, 0) is 0 Å². The molecule has 21 heavy (non-hydrogen) atoms. The molecular formula is C12H14F2N4O3. The predicted molar refractivity (Wildman–Crippen MR) is 71.9 cm³/mol. The van der Waals surface area contributed by atoms with E-state index >= 15 is 0 Å². The predicted octanol–water partition coefficient (Wildman–Crippen LogP) is 1.93. The van der Waals surface area contributed by atoms with Gasteiger partial charge in [-0.15, -0.1) is 0 Å². The minimum atomic E-state index is -2.64. The zero-order valence-electron chi connectivity index (χ0n) is 11.1. The summed E-state index contributed by atoms with van der Waals surface area (Å²) in [5.74, 6) is 0.139. The van der Waals surface area contributed by atoms with Gasteiger partial charge in [0.15, 0.2) is 0 Å². The lowest BCUT2D eigenvalue weighted by Crippen LogP contribution is -2.08. The summed E-state index contributed by atoms with van der Waals surface area (Å²) < 4.78 is 30.3. The number of rotatable bonds is 7. The molecule has 0 fully saturated rings. The Kier molecular flexibility index (Phi) is 6.18. The maximum absolute atomic E-state index is 12.7. The fourth-order valence-corrected chi connectivity index (χ4v) is 1.58. The maximum Gasteiger partial charge on any atom is 0.302 e. The van der Waals surface area contributed by atoms with E-state index in [-0.39, 0.29) is 5.88 Å². The maximum atomic E-state index is 12.7. The van der Waals surface area contributed by atoms with E-state index < -0.39 is 29.5 Å². The number of pyridine rings is 1. The van der Waals surface area contributed by atoms with Crippen LogP contribution >= 0.6 is 0 Å². The van der Waals surface area contributed by atoms with Crippen molar-refractivity contribution in [2.24, 2.45) is 10.7 Å². The summed E-state index contributed by atoms with van der Waals surface area (Å²) in [6.07, 6.45) is -0.233. The van der Waals surface area contributed by atoms with E-state index in [2.05, 4.69) is 9.98 Å². The molecule has 0 aliphatic heterocycles. The molecule has 0 saturated carbocycles. The smallest absolute Gasteiger partial charge is 0.302 e. The van der Waals surface area contributed by atoms with Crippen molar-refractivity contribution in [1.29, 1.82) is 0 Å². The molecule has 1 heterocycles. The Labute approximate surface area is 119 Å². The summed E-state index contributed by atoms with van der Waals surface area (Å²) in [6.45, 7) is 0. The largest absolute Gasteiger partial charge is 0.481 e. The lowest BCUT2D eigenvalue weighted by Gasteiger charge is -2.14. The number of halogens is 2. The summed E-state index contributed by atoms with van der Waals surface area (Å²) in [5.41, 5.74) is 4.90. The molecule has 0 bridgehead atoms. The highest BCUT2D eigenvalue weighted by Gasteiger charge is 2.21. The highest BCUT2D eigenvalue weighted by molar-refractivity contribution is 5.75. The number of nitrogens with zero attached hydrogens (tertiary/aromatic N) is 3. The van der Waals surface area contributed by atoms with Gasteiger partial charge in [0.25, 0.3) is 0 Å². The standard InChI is InChI=1S/C12H14F2N4O3/c1-21-12-9(3-2-4-16-12)10(5-11(13)14)17-7-8(6-15)18(19)20/h2-4,6-7,10-11H,5,15H2,1H3. The lowest BCUT2D eigenvalue weighted by atomic mass is 10.1. The van der Waals surface area contributed by atoms with E-state index in [0.717, 1.165) is 12.4 Å². The molecule has 0 aromatic carbocycles. The minimum absolute atomic E-state index is 0.139. The van der Waals surface area contributed by atoms with E-state index in [0.29, 0.717) is 5.56 Å². The first kappa shape index (κ1) is 16.5. The van der Waals surface area contributed by atoms with E-state index in [4.69, 9.17) is 10.5 Å². The number of aliphatic imine (C=N–C) groups is 1. The van der Waals surface area contributed by atoms with Crippen LogP contribution in [0.3, 0.4) is 0 Å². The third-order valence-corrected chi connectivity index (χ3v) is 2.52. The molecule has 0 amide bonds. The van der Waals surface area contributed by atoms with Crippen molar-refractivity contribution in [2.45, 2.75) is 18.9 Å². The third kappa shape index (κ3) is 4.79. The second-order valence-electron chi connectivity index (χ2n) is 3.87. The number of nitrogens with two attached hydrogens (primary N) is 1. The third-order valence-electron chi connectivity index (χ3n) is 2.52. The van der Waals surface area contributed by atoms with Gasteiger partial charge in [0.1, 0.15) is 6.21 Å². The SMILES string of the molecule is COc1ncccc1C(CC(F)F)N=CC(=CN)[N+](=O)[O-]. The Morgan fingerprint density at radius 1 is 1.67 bits per heavy atom. The van der Waals surface area contributed by atoms with Crippen LogP contribution in [0.25, 0.3) is 0 Å². The number of nitro groups is 1. The van der Waals surface area contributed by atoms with Gasteiger partial charge in [-0.05, 0) is 12.1 Å². The van der Waals surface area contributed by atoms with Gasteiger partial charge in [-0.3, -0.25) is 15.1 Å². The monoisotopic (exact) mass is 300 g/mol. The Bertz CT molecular complexity index is 549. The van der Waals surface area contributed by atoms with Crippen molar-refractivity contribution in [2.75, 3.05) is 7.11 Å². The summed E-state index contributed by atoms with van der Waals surface area (Å²) in [6, 6.07) is 2.04. The topological polar surface area (TPSA) is 104 Å². The number of allylic oxidation sites excluding steroid dienone is 1. The number of hydrogen-bond acceptors (Lipinski definition) is 6. The zero-order valence-corrected chi connectivity index (χ0v) is 11.1. The molecule has 2 N–H and O–H groups in total. The van der Waals surface area contributed by atoms with Crippen LogP contribution in [0, 0.1) is 10.1 Å². The van der Waals surface area contributed by atoms with Crippen molar-refractivity contribution < 1.29 is 18.4 Å². The fourth-order valence-electron chi connectivity index (χ4n) is 1.58. The molecular weight excluding hydrogens is 286 g/mol. The first-order chi connectivity index (χ1) is 9.99. The van der Waals surface area contributed by atoms with Crippen LogP contribution in [0.4, 0.5) is 8.78 Å². The molecule has 0 aliphatic carbocycles. The van der Waals surface area contributed by atoms with Crippen molar-refractivity contribution >= 4 is 6.21 Å². The van der Waals surface area contributed by atoms with Gasteiger partial charge in [0.2, 0.25) is 12.3 Å². The van der Waals surface area contributed by atoms with Crippen molar-refractivity contribution in [3.05, 3.63) is 45.9 Å². The second kappa shape index (κ2) is 7.88. The van der Waals surface area contributed by atoms with Crippen molar-refractivity contribution in [3.63, 3.8) is 0 Å². The molecule has 9 heteroatoms. The van der Waals surface area contributed by atoms with E-state index in [1.807, 2.05) is 0 Å². The lowest BCUT2D eigenvalue weighted by molar-refractivity contribution is -0.414. The molecule has 1 aromatic heterocycles. The number of ether oxygens (including phenoxy) is 1. The number of hydrogen-bond donors (Lipinski definition) is 1. The van der Waals surface area contributed by atoms with Gasteiger partial charge >= 0.3 is 5.70 Å². The summed E-state index contributed by atoms with van der Waals surface area (Å²) in [7, 11) is 1.34. The number of methoxy groups -OCH3 is 1. The van der Waals surface area contributed by atoms with Gasteiger partial charge < -0.3 is 10.5 Å². The number of aromatic nitrogens is 1. The van der Waals surface area contributed by atoms with Gasteiger partial charge in [-0.2, -0.15) is 0 Å². The van der Waals surface area contributed by atoms with E-state index in [1.165, 1.54) is 19.4 Å². The molecule has 1 rings (SSSR count). The van der Waals surface area contributed by atoms with Gasteiger partial charge in [0.05, 0.1) is 24.3 Å². The van der Waals surface area contributed by atoms with Crippen LogP contribution in [0.1, 0.15) is 18.0 Å². The quantitative estimate of drug-likeness (QED) is 0.471. The summed E-state index contributed by atoms with van der Waals surface area (Å²) in [4.78, 5) is 17.6. The van der Waals surface area contributed by atoms with Gasteiger partial charge in [0, 0.05) is 18.2 Å². The molecule has 0 spiro atoms. The van der Waals surface area contributed by atoms with Crippen LogP contribution in [0.15, 0.2) is 35.2 Å². The Hall–Kier alpha value is -2.58. The zero-order chi connectivity index (χ0) is 15.8. The first-order valence-corrected chi connectivity index (χ1v) is 5.86. The average Bonchev–Trinajstić information content (AvgIpc) is 2.45. The Morgan fingerprint density at radius 2 is 2.38 bits per heavy atom. The second-order valence-corrected chi connectivity index (χ2v) is 3.87. The molecule has 1 unspecified atom stereocenters. The van der Waals surface area contributed by atoms with Crippen LogP contribution < -0.4 is 10.5 Å². The summed E-state index contributed by atoms with van der Waals surface area (Å²) in [5, 5.41) is 10.6. The first-order valence-electron chi connectivity index (χ1n) is 5.86. The number of alkyl halides is 2. The van der Waals surface area contributed by atoms with Gasteiger partial charge in [-0.1, -0.05) is 0 Å². The highest BCUT2D eigenvalue weighted by atomic mass is 19.3. The highest BCUT2D eigenvalue weighted by Crippen LogP contribution is 2.30. The normalized spacial score (nSPS) is 13.6. The van der Waals surface area contributed by atoms with Crippen molar-refractivity contribution in [1.82, 2.24) is 4.98 Å². The van der Waals surface area contributed by atoms with Crippen LogP contribution in [0.5, 0.6) is 5.88 Å². The minimum Gasteiger partial charge on any atom is -0.481 e. The van der Waals surface area contributed by atoms with Crippen LogP contribution in [-0.4, -0.2) is 29.7 Å². The fraction of sp³-hybridized carbons (Fsp3) is 0.333. The van der Waals surface area contributed by atoms with Crippen molar-refractivity contribution in [3.8, 4) is 5.88 Å². The van der Waals surface area contributed by atoms with Crippen LogP contribution in [0.2, 0.25) is 0 Å².